The van der Waals surface area contributed by atoms with Gasteiger partial charge in [0.2, 0.25) is 0 Å². The maximum atomic E-state index is 13.3. The van der Waals surface area contributed by atoms with Crippen LogP contribution in [0.25, 0.3) is 0 Å². The molecular weight excluding hydrogens is 390 g/mol. The Balaban J connectivity index is 1.69. The van der Waals surface area contributed by atoms with Crippen molar-refractivity contribution >= 4 is 5.97 Å². The number of hydrogen-bond donors (Lipinski definition) is 1. The average molecular weight is 424 g/mol. The second-order valence-corrected chi connectivity index (χ2v) is 9.70. The van der Waals surface area contributed by atoms with E-state index in [1.165, 1.54) is 0 Å². The van der Waals surface area contributed by atoms with Gasteiger partial charge in [0.05, 0.1) is 24.7 Å². The van der Waals surface area contributed by atoms with Crippen LogP contribution in [0, 0.1) is 5.92 Å². The van der Waals surface area contributed by atoms with E-state index in [1.54, 1.807) is 7.11 Å². The smallest absolute Gasteiger partial charge is 0.310 e. The van der Waals surface area contributed by atoms with Gasteiger partial charge >= 0.3 is 5.97 Å². The van der Waals surface area contributed by atoms with Gasteiger partial charge in [-0.3, -0.25) is 9.63 Å². The summed E-state index contributed by atoms with van der Waals surface area (Å²) in [6.45, 7) is 5.77. The van der Waals surface area contributed by atoms with Gasteiger partial charge in [-0.1, -0.05) is 48.5 Å². The minimum atomic E-state index is -0.516. The zero-order valence-electron chi connectivity index (χ0n) is 18.9. The number of rotatable bonds is 4. The molecule has 1 aliphatic heterocycles. The Labute approximate surface area is 185 Å². The van der Waals surface area contributed by atoms with Crippen molar-refractivity contribution in [1.82, 2.24) is 5.48 Å². The van der Waals surface area contributed by atoms with E-state index >= 15 is 0 Å². The number of nitrogens with one attached hydrogen (secondary N) is 1. The molecule has 0 radical (unpaired) electrons. The van der Waals surface area contributed by atoms with Gasteiger partial charge in [0, 0.05) is 17.9 Å². The highest BCUT2D eigenvalue weighted by atomic mass is 16.7. The van der Waals surface area contributed by atoms with Crippen LogP contribution in [0.5, 0.6) is 5.75 Å². The summed E-state index contributed by atoms with van der Waals surface area (Å²) >= 11 is 0. The molecule has 31 heavy (non-hydrogen) atoms. The molecule has 1 saturated heterocycles. The predicted octanol–water partition coefficient (Wildman–Crippen LogP) is 5.33. The van der Waals surface area contributed by atoms with Crippen LogP contribution in [-0.2, 0) is 14.4 Å². The van der Waals surface area contributed by atoms with Crippen molar-refractivity contribution in [3.8, 4) is 5.75 Å². The third kappa shape index (κ3) is 4.48. The molecule has 1 spiro atoms. The molecule has 0 amide bonds. The molecule has 2 fully saturated rings. The molecule has 2 aromatic carbocycles. The Hall–Kier alpha value is -2.37. The normalized spacial score (nSPS) is 28.5. The molecular formula is C26H33NO4. The second-order valence-electron chi connectivity index (χ2n) is 9.70. The molecule has 166 valence electrons. The van der Waals surface area contributed by atoms with Crippen molar-refractivity contribution in [1.29, 1.82) is 0 Å². The number of benzene rings is 2. The largest absolute Gasteiger partial charge is 0.496 e. The molecule has 1 N–H and O–H groups in total. The number of carbonyl (C=O) groups excluding carboxylic acids is 1. The monoisotopic (exact) mass is 423 g/mol. The van der Waals surface area contributed by atoms with Crippen LogP contribution < -0.4 is 10.2 Å². The summed E-state index contributed by atoms with van der Waals surface area (Å²) in [6, 6.07) is 18.3. The van der Waals surface area contributed by atoms with Crippen LogP contribution in [0.15, 0.2) is 54.6 Å². The lowest BCUT2D eigenvalue weighted by Crippen LogP contribution is -2.47. The second kappa shape index (κ2) is 8.64. The first-order valence-corrected chi connectivity index (χ1v) is 11.2. The van der Waals surface area contributed by atoms with Crippen molar-refractivity contribution in [2.75, 3.05) is 7.11 Å². The highest BCUT2D eigenvalue weighted by molar-refractivity contribution is 5.75. The average Bonchev–Trinajstić information content (AvgIpc) is 3.16. The van der Waals surface area contributed by atoms with E-state index in [4.69, 9.17) is 14.3 Å². The van der Waals surface area contributed by atoms with Crippen molar-refractivity contribution in [3.63, 3.8) is 0 Å². The van der Waals surface area contributed by atoms with E-state index < -0.39 is 11.2 Å². The zero-order valence-corrected chi connectivity index (χ0v) is 18.9. The first-order chi connectivity index (χ1) is 14.8. The third-order valence-electron chi connectivity index (χ3n) is 6.42. The number of hydrogen-bond acceptors (Lipinski definition) is 5. The Kier molecular flexibility index (Phi) is 6.09. The van der Waals surface area contributed by atoms with E-state index in [9.17, 15) is 4.79 Å². The topological polar surface area (TPSA) is 56.8 Å². The van der Waals surface area contributed by atoms with Crippen LogP contribution >= 0.6 is 0 Å². The van der Waals surface area contributed by atoms with Gasteiger partial charge in [-0.2, -0.15) is 5.48 Å². The summed E-state index contributed by atoms with van der Waals surface area (Å²) in [4.78, 5) is 19.7. The van der Waals surface area contributed by atoms with Crippen LogP contribution in [0.2, 0.25) is 0 Å². The van der Waals surface area contributed by atoms with E-state index in [1.807, 2.05) is 57.2 Å². The Bertz CT molecular complexity index is 907. The molecule has 5 heteroatoms. The molecule has 2 aliphatic rings. The first-order valence-electron chi connectivity index (χ1n) is 11.2. The lowest BCUT2D eigenvalue weighted by atomic mass is 9.64. The van der Waals surface area contributed by atoms with Gasteiger partial charge in [-0.15, -0.1) is 0 Å². The van der Waals surface area contributed by atoms with Crippen LogP contribution in [0.1, 0.15) is 69.5 Å². The number of carbonyl (C=O) groups is 1. The molecule has 1 saturated carbocycles. The number of methoxy groups -OCH3 is 1. The standard InChI is InChI=1S/C26H33NO4/c1-25(2,3)30-24(28)20-14-10-16-26(23(20)18-11-6-5-7-12-18)17-21(27-31-26)19-13-8-9-15-22(19)29-4/h5-9,11-13,15,20-21,23,27H,10,14,16-17H2,1-4H3/t20?,21-,23+,26+/m0/s1. The highest BCUT2D eigenvalue weighted by Gasteiger charge is 2.55. The fraction of sp³-hybridized carbons (Fsp3) is 0.500. The van der Waals surface area contributed by atoms with Crippen molar-refractivity contribution in [3.05, 3.63) is 65.7 Å². The molecule has 1 aliphatic carbocycles. The Morgan fingerprint density at radius 1 is 1.10 bits per heavy atom. The maximum Gasteiger partial charge on any atom is 0.310 e. The van der Waals surface area contributed by atoms with Gasteiger partial charge in [0.25, 0.3) is 0 Å². The number of ether oxygens (including phenoxy) is 2. The molecule has 2 aromatic rings. The molecule has 4 atom stereocenters. The minimum Gasteiger partial charge on any atom is -0.496 e. The summed E-state index contributed by atoms with van der Waals surface area (Å²) in [7, 11) is 1.69. The lowest BCUT2D eigenvalue weighted by molar-refractivity contribution is -0.170. The predicted molar refractivity (Wildman–Crippen MR) is 120 cm³/mol. The third-order valence-corrected chi connectivity index (χ3v) is 6.42. The molecule has 1 heterocycles. The number of hydroxylamine groups is 1. The van der Waals surface area contributed by atoms with E-state index in [0.29, 0.717) is 0 Å². The van der Waals surface area contributed by atoms with Crippen LogP contribution in [0.3, 0.4) is 0 Å². The zero-order chi connectivity index (χ0) is 22.1. The minimum absolute atomic E-state index is 0.000233. The summed E-state index contributed by atoms with van der Waals surface area (Å²) in [5, 5.41) is 0. The molecule has 1 unspecified atom stereocenters. The van der Waals surface area contributed by atoms with Crippen molar-refractivity contribution in [2.24, 2.45) is 5.92 Å². The van der Waals surface area contributed by atoms with Gasteiger partial charge in [0.1, 0.15) is 11.4 Å². The molecule has 4 rings (SSSR count). The van der Waals surface area contributed by atoms with Gasteiger partial charge in [0.15, 0.2) is 0 Å². The van der Waals surface area contributed by atoms with Gasteiger partial charge < -0.3 is 9.47 Å². The van der Waals surface area contributed by atoms with Crippen LogP contribution in [-0.4, -0.2) is 24.3 Å². The molecule has 0 aromatic heterocycles. The lowest BCUT2D eigenvalue weighted by Gasteiger charge is -2.44. The quantitative estimate of drug-likeness (QED) is 0.674. The fourth-order valence-corrected chi connectivity index (χ4v) is 5.23. The van der Waals surface area contributed by atoms with Crippen LogP contribution in [0.4, 0.5) is 0 Å². The Morgan fingerprint density at radius 3 is 2.52 bits per heavy atom. The summed E-state index contributed by atoms with van der Waals surface area (Å²) in [6.07, 6.45) is 3.39. The van der Waals surface area contributed by atoms with Crippen molar-refractivity contribution < 1.29 is 19.1 Å². The Morgan fingerprint density at radius 2 is 1.81 bits per heavy atom. The maximum absolute atomic E-state index is 13.3. The first kappa shape index (κ1) is 21.8. The summed E-state index contributed by atoms with van der Waals surface area (Å²) < 4.78 is 11.4. The van der Waals surface area contributed by atoms with E-state index in [-0.39, 0.29) is 23.8 Å². The van der Waals surface area contributed by atoms with Crippen molar-refractivity contribution in [2.45, 2.75) is 69.6 Å². The van der Waals surface area contributed by atoms with Gasteiger partial charge in [-0.25, -0.2) is 0 Å². The van der Waals surface area contributed by atoms with E-state index in [2.05, 4.69) is 23.7 Å². The SMILES string of the molecule is COc1ccccc1[C@@H]1C[C@@]2(CCCC(C(=O)OC(C)(C)C)[C@H]2c2ccccc2)ON1. The van der Waals surface area contributed by atoms with Gasteiger partial charge in [-0.05, 0) is 51.7 Å². The fourth-order valence-electron chi connectivity index (χ4n) is 5.23. The number of para-hydroxylation sites is 1. The molecule has 5 nitrogen and oxygen atoms in total. The van der Waals surface area contributed by atoms with E-state index in [0.717, 1.165) is 42.6 Å². The number of esters is 1. The summed E-state index contributed by atoms with van der Waals surface area (Å²) in [5.74, 6) is 0.388. The summed E-state index contributed by atoms with van der Waals surface area (Å²) in [5.41, 5.74) is 4.49. The molecule has 0 bridgehead atoms. The highest BCUT2D eigenvalue weighted by Crippen LogP contribution is 2.54.